The maximum absolute atomic E-state index is 13.5. The molecule has 1 amide bonds. The molecule has 0 bridgehead atoms. The minimum atomic E-state index is -0.373. The average molecular weight is 467 g/mol. The van der Waals surface area contributed by atoms with Crippen LogP contribution in [-0.2, 0) is 11.3 Å². The van der Waals surface area contributed by atoms with Crippen molar-refractivity contribution in [1.29, 1.82) is 0 Å². The fourth-order valence-electron chi connectivity index (χ4n) is 3.10. The van der Waals surface area contributed by atoms with Crippen LogP contribution in [0.2, 0.25) is 0 Å². The number of halogens is 2. The molecule has 0 aliphatic carbocycles. The van der Waals surface area contributed by atoms with E-state index in [1.54, 1.807) is 35.9 Å². The van der Waals surface area contributed by atoms with E-state index in [9.17, 15) is 13.6 Å². The van der Waals surface area contributed by atoms with E-state index in [1.807, 2.05) is 24.3 Å². The molecule has 1 heterocycles. The Hall–Kier alpha value is -3.72. The maximum Gasteiger partial charge on any atom is 0.230 e. The summed E-state index contributed by atoms with van der Waals surface area (Å²) in [6.07, 6.45) is 0. The third-order valence-electron chi connectivity index (χ3n) is 4.80. The van der Waals surface area contributed by atoms with E-state index in [0.29, 0.717) is 28.8 Å². The second-order valence-corrected chi connectivity index (χ2v) is 7.98. The summed E-state index contributed by atoms with van der Waals surface area (Å²) in [7, 11) is 1.60. The molecule has 0 aliphatic heterocycles. The van der Waals surface area contributed by atoms with Crippen LogP contribution in [0.25, 0.3) is 17.1 Å². The van der Waals surface area contributed by atoms with Crippen LogP contribution in [0, 0.1) is 11.6 Å². The van der Waals surface area contributed by atoms with E-state index in [2.05, 4.69) is 15.5 Å². The van der Waals surface area contributed by atoms with Gasteiger partial charge in [0.25, 0.3) is 0 Å². The molecule has 1 aromatic heterocycles. The van der Waals surface area contributed by atoms with Crippen molar-refractivity contribution < 1.29 is 18.3 Å². The number of nitrogens with zero attached hydrogens (tertiary/aromatic N) is 3. The van der Waals surface area contributed by atoms with Gasteiger partial charge in [0.05, 0.1) is 12.9 Å². The summed E-state index contributed by atoms with van der Waals surface area (Å²) in [5, 5.41) is 11.8. The van der Waals surface area contributed by atoms with Crippen LogP contribution in [0.4, 0.5) is 8.78 Å². The highest BCUT2D eigenvalue weighted by molar-refractivity contribution is 7.99. The molecule has 0 saturated carbocycles. The van der Waals surface area contributed by atoms with Crippen LogP contribution in [0.5, 0.6) is 5.75 Å². The quantitative estimate of drug-likeness (QED) is 0.384. The average Bonchev–Trinajstić information content (AvgIpc) is 3.26. The molecule has 33 heavy (non-hydrogen) atoms. The molecule has 168 valence electrons. The number of thioether (sulfide) groups is 1. The first kappa shape index (κ1) is 22.5. The van der Waals surface area contributed by atoms with E-state index in [-0.39, 0.29) is 23.3 Å². The Morgan fingerprint density at radius 3 is 2.21 bits per heavy atom. The summed E-state index contributed by atoms with van der Waals surface area (Å²) < 4.78 is 33.7. The van der Waals surface area contributed by atoms with Gasteiger partial charge in [-0.25, -0.2) is 8.78 Å². The molecule has 6 nitrogen and oxygen atoms in total. The van der Waals surface area contributed by atoms with Gasteiger partial charge in [0.2, 0.25) is 5.91 Å². The summed E-state index contributed by atoms with van der Waals surface area (Å²) in [5.41, 5.74) is 2.22. The lowest BCUT2D eigenvalue weighted by Gasteiger charge is -2.11. The fourth-order valence-corrected chi connectivity index (χ4v) is 3.88. The van der Waals surface area contributed by atoms with Crippen LogP contribution in [0.3, 0.4) is 0 Å². The van der Waals surface area contributed by atoms with E-state index in [4.69, 9.17) is 4.74 Å². The zero-order valence-electron chi connectivity index (χ0n) is 17.7. The first-order valence-corrected chi connectivity index (χ1v) is 11.0. The minimum Gasteiger partial charge on any atom is -0.497 e. The van der Waals surface area contributed by atoms with Crippen molar-refractivity contribution in [3.05, 3.63) is 90.0 Å². The van der Waals surface area contributed by atoms with Gasteiger partial charge in [-0.15, -0.1) is 10.2 Å². The van der Waals surface area contributed by atoms with Crippen LogP contribution in [-0.4, -0.2) is 33.5 Å². The summed E-state index contributed by atoms with van der Waals surface area (Å²) >= 11 is 1.20. The molecule has 0 aliphatic rings. The summed E-state index contributed by atoms with van der Waals surface area (Å²) in [4.78, 5) is 12.4. The number of rotatable bonds is 8. The Kier molecular flexibility index (Phi) is 6.99. The fraction of sp³-hybridized carbons (Fsp3) is 0.125. The normalized spacial score (nSPS) is 10.8. The number of amides is 1. The zero-order valence-corrected chi connectivity index (χ0v) is 18.5. The molecule has 4 aromatic rings. The van der Waals surface area contributed by atoms with Crippen molar-refractivity contribution in [2.45, 2.75) is 11.7 Å². The molecule has 1 N–H and O–H groups in total. The van der Waals surface area contributed by atoms with Crippen LogP contribution in [0.15, 0.2) is 78.0 Å². The Morgan fingerprint density at radius 1 is 0.939 bits per heavy atom. The first-order chi connectivity index (χ1) is 16.0. The predicted octanol–water partition coefficient (Wildman–Crippen LogP) is 4.63. The Morgan fingerprint density at radius 2 is 1.58 bits per heavy atom. The van der Waals surface area contributed by atoms with Gasteiger partial charge in [-0.3, -0.25) is 9.36 Å². The monoisotopic (exact) mass is 466 g/mol. The number of nitrogens with one attached hydrogen (secondary N) is 1. The van der Waals surface area contributed by atoms with Gasteiger partial charge in [-0.05, 0) is 66.2 Å². The number of ether oxygens (including phenoxy) is 1. The maximum atomic E-state index is 13.5. The second-order valence-electron chi connectivity index (χ2n) is 7.04. The van der Waals surface area contributed by atoms with Crippen molar-refractivity contribution >= 4 is 17.7 Å². The molecule has 0 unspecified atom stereocenters. The third-order valence-corrected chi connectivity index (χ3v) is 5.73. The highest BCUT2D eigenvalue weighted by Crippen LogP contribution is 2.28. The number of carbonyl (C=O) groups excluding carboxylic acids is 1. The van der Waals surface area contributed by atoms with E-state index < -0.39 is 0 Å². The highest BCUT2D eigenvalue weighted by Gasteiger charge is 2.17. The largest absolute Gasteiger partial charge is 0.497 e. The standard InChI is InChI=1S/C24H20F2N4O2S/c1-32-21-12-2-16(3-13-21)14-27-22(31)15-33-24-29-28-23(17-4-6-18(25)7-5-17)30(24)20-10-8-19(26)9-11-20/h2-13H,14-15H2,1H3,(H,27,31). The van der Waals surface area contributed by atoms with Gasteiger partial charge in [0.15, 0.2) is 11.0 Å². The van der Waals surface area contributed by atoms with Gasteiger partial charge in [-0.1, -0.05) is 23.9 Å². The Balaban J connectivity index is 1.50. The molecule has 0 radical (unpaired) electrons. The number of benzene rings is 3. The van der Waals surface area contributed by atoms with Gasteiger partial charge in [0.1, 0.15) is 17.4 Å². The van der Waals surface area contributed by atoms with E-state index in [0.717, 1.165) is 11.3 Å². The van der Waals surface area contributed by atoms with Gasteiger partial charge in [-0.2, -0.15) is 0 Å². The number of methoxy groups -OCH3 is 1. The lowest BCUT2D eigenvalue weighted by Crippen LogP contribution is -2.24. The van der Waals surface area contributed by atoms with E-state index in [1.165, 1.54) is 36.0 Å². The van der Waals surface area contributed by atoms with E-state index >= 15 is 0 Å². The first-order valence-electron chi connectivity index (χ1n) is 10.0. The molecular weight excluding hydrogens is 446 g/mol. The Bertz CT molecular complexity index is 1230. The van der Waals surface area contributed by atoms with Crippen molar-refractivity contribution in [2.75, 3.05) is 12.9 Å². The van der Waals surface area contributed by atoms with Crippen LogP contribution < -0.4 is 10.1 Å². The van der Waals surface area contributed by atoms with Crippen molar-refractivity contribution in [3.63, 3.8) is 0 Å². The van der Waals surface area contributed by atoms with Gasteiger partial charge < -0.3 is 10.1 Å². The van der Waals surface area contributed by atoms with Crippen molar-refractivity contribution in [2.24, 2.45) is 0 Å². The molecule has 4 rings (SSSR count). The second kappa shape index (κ2) is 10.3. The molecule has 0 saturated heterocycles. The Labute approximate surface area is 193 Å². The number of aromatic nitrogens is 3. The summed E-state index contributed by atoms with van der Waals surface area (Å²) in [6, 6.07) is 19.1. The van der Waals surface area contributed by atoms with Crippen LogP contribution >= 0.6 is 11.8 Å². The molecule has 0 spiro atoms. The van der Waals surface area contributed by atoms with Gasteiger partial charge in [0, 0.05) is 17.8 Å². The zero-order chi connectivity index (χ0) is 23.2. The van der Waals surface area contributed by atoms with Gasteiger partial charge >= 0.3 is 0 Å². The summed E-state index contributed by atoms with van der Waals surface area (Å²) in [6.45, 7) is 0.384. The van der Waals surface area contributed by atoms with Crippen molar-refractivity contribution in [3.8, 4) is 22.8 Å². The lowest BCUT2D eigenvalue weighted by atomic mass is 10.2. The summed E-state index contributed by atoms with van der Waals surface area (Å²) in [5.74, 6) is 0.407. The molecule has 3 aromatic carbocycles. The molecule has 9 heteroatoms. The molecular formula is C24H20F2N4O2S. The molecule has 0 atom stereocenters. The smallest absolute Gasteiger partial charge is 0.230 e. The SMILES string of the molecule is COc1ccc(CNC(=O)CSc2nnc(-c3ccc(F)cc3)n2-c2ccc(F)cc2)cc1. The third kappa shape index (κ3) is 5.56. The highest BCUT2D eigenvalue weighted by atomic mass is 32.2. The minimum absolute atomic E-state index is 0.110. The molecule has 0 fully saturated rings. The van der Waals surface area contributed by atoms with Crippen molar-refractivity contribution in [1.82, 2.24) is 20.1 Å². The number of carbonyl (C=O) groups is 1. The van der Waals surface area contributed by atoms with Crippen LogP contribution in [0.1, 0.15) is 5.56 Å². The predicted molar refractivity (Wildman–Crippen MR) is 122 cm³/mol. The lowest BCUT2D eigenvalue weighted by molar-refractivity contribution is -0.118. The topological polar surface area (TPSA) is 69.0 Å². The number of hydrogen-bond acceptors (Lipinski definition) is 5. The number of hydrogen-bond donors (Lipinski definition) is 1.